The molecule has 0 bridgehead atoms. The average Bonchev–Trinajstić information content (AvgIpc) is 2.88. The molecule has 1 rings (SSSR count). The zero-order valence-electron chi connectivity index (χ0n) is 16.7. The van der Waals surface area contributed by atoms with E-state index in [1.165, 1.54) is 5.57 Å². The Morgan fingerprint density at radius 3 is 2.62 bits per heavy atom. The Morgan fingerprint density at radius 2 is 1.96 bits per heavy atom. The van der Waals surface area contributed by atoms with Crippen molar-refractivity contribution in [2.24, 2.45) is 11.8 Å². The summed E-state index contributed by atoms with van der Waals surface area (Å²) in [5.41, 5.74) is 0.604. The first kappa shape index (κ1) is 22.6. The number of carbonyl (C=O) groups is 2. The van der Waals surface area contributed by atoms with Crippen LogP contribution < -0.4 is 0 Å². The third-order valence-corrected chi connectivity index (χ3v) is 5.35. The molecule has 3 atom stereocenters. The van der Waals surface area contributed by atoms with Crippen molar-refractivity contribution >= 4 is 11.8 Å². The molecule has 0 spiro atoms. The fourth-order valence-corrected chi connectivity index (χ4v) is 3.67. The van der Waals surface area contributed by atoms with Crippen molar-refractivity contribution in [2.45, 2.75) is 90.6 Å². The van der Waals surface area contributed by atoms with Gasteiger partial charge in [0.05, 0.1) is 5.60 Å². The number of ketones is 1. The van der Waals surface area contributed by atoms with E-state index in [-0.39, 0.29) is 12.3 Å². The van der Waals surface area contributed by atoms with Crippen LogP contribution >= 0.6 is 0 Å². The largest absolute Gasteiger partial charge is 0.481 e. The monoisotopic (exact) mass is 364 g/mol. The van der Waals surface area contributed by atoms with Crippen LogP contribution in [0.5, 0.6) is 0 Å². The van der Waals surface area contributed by atoms with Crippen LogP contribution in [0, 0.1) is 11.8 Å². The minimum Gasteiger partial charge on any atom is -0.481 e. The molecule has 148 valence electrons. The smallest absolute Gasteiger partial charge is 0.303 e. The van der Waals surface area contributed by atoms with Gasteiger partial charge in [0.15, 0.2) is 0 Å². The van der Waals surface area contributed by atoms with Gasteiger partial charge in [0, 0.05) is 18.8 Å². The number of hydrogen-bond donors (Lipinski definition) is 2. The van der Waals surface area contributed by atoms with E-state index in [2.05, 4.69) is 19.9 Å². The Morgan fingerprint density at radius 1 is 1.23 bits per heavy atom. The van der Waals surface area contributed by atoms with Crippen LogP contribution in [0.3, 0.4) is 0 Å². The number of carboxylic acids is 1. The van der Waals surface area contributed by atoms with E-state index in [0.717, 1.165) is 44.9 Å². The van der Waals surface area contributed by atoms with Crippen LogP contribution in [0.2, 0.25) is 0 Å². The maximum atomic E-state index is 12.2. The summed E-state index contributed by atoms with van der Waals surface area (Å²) >= 11 is 0. The Balaban J connectivity index is 2.40. The van der Waals surface area contributed by atoms with Crippen LogP contribution in [0.1, 0.15) is 85.0 Å². The standard InChI is InChI=1S/C22H36O4/c1-17(2)9-8-15-22(3,26)16-14-18-12-13-20(23)19(18)10-6-4-5-7-11-21(24)25/h4,6,9,18-19,26H,5,7-8,10-16H2,1-3H3,(H,24,25)/b6-4-/t18-,19-,22?/m1/s1. The highest BCUT2D eigenvalue weighted by Crippen LogP contribution is 2.37. The third-order valence-electron chi connectivity index (χ3n) is 5.35. The van der Waals surface area contributed by atoms with E-state index < -0.39 is 11.6 Å². The van der Waals surface area contributed by atoms with Crippen LogP contribution in [-0.4, -0.2) is 27.6 Å². The number of Topliss-reactive ketones (excluding diaryl/α,β-unsaturated/α-hetero) is 1. The molecule has 0 heterocycles. The van der Waals surface area contributed by atoms with Gasteiger partial charge in [-0.1, -0.05) is 23.8 Å². The van der Waals surface area contributed by atoms with Gasteiger partial charge in [-0.05, 0) is 78.1 Å². The second kappa shape index (κ2) is 11.3. The van der Waals surface area contributed by atoms with Crippen LogP contribution in [-0.2, 0) is 9.59 Å². The van der Waals surface area contributed by atoms with E-state index in [1.54, 1.807) is 0 Å². The normalized spacial score (nSPS) is 22.5. The molecule has 2 N–H and O–H groups in total. The molecule has 0 aliphatic heterocycles. The van der Waals surface area contributed by atoms with Gasteiger partial charge in [0.25, 0.3) is 0 Å². The van der Waals surface area contributed by atoms with Gasteiger partial charge in [-0.3, -0.25) is 9.59 Å². The summed E-state index contributed by atoms with van der Waals surface area (Å²) in [6, 6.07) is 0. The number of hydrogen-bond acceptors (Lipinski definition) is 3. The van der Waals surface area contributed by atoms with Crippen molar-refractivity contribution in [3.63, 3.8) is 0 Å². The Kier molecular flexibility index (Phi) is 9.85. The first-order valence-corrected chi connectivity index (χ1v) is 9.96. The minimum atomic E-state index is -0.763. The number of rotatable bonds is 12. The minimum absolute atomic E-state index is 0.0688. The number of unbranched alkanes of at least 4 members (excludes halogenated alkanes) is 1. The highest BCUT2D eigenvalue weighted by atomic mass is 16.4. The fraction of sp³-hybridized carbons (Fsp3) is 0.727. The van der Waals surface area contributed by atoms with Crippen LogP contribution in [0.4, 0.5) is 0 Å². The second-order valence-electron chi connectivity index (χ2n) is 8.22. The maximum absolute atomic E-state index is 12.2. The Hall–Kier alpha value is -1.42. The molecule has 1 fully saturated rings. The number of allylic oxidation sites excluding steroid dienone is 4. The molecule has 1 saturated carbocycles. The first-order valence-electron chi connectivity index (χ1n) is 9.96. The molecule has 4 nitrogen and oxygen atoms in total. The summed E-state index contributed by atoms with van der Waals surface area (Å²) in [4.78, 5) is 22.7. The highest BCUT2D eigenvalue weighted by Gasteiger charge is 2.34. The Labute approximate surface area is 158 Å². The first-order chi connectivity index (χ1) is 12.2. The second-order valence-corrected chi connectivity index (χ2v) is 8.22. The topological polar surface area (TPSA) is 74.6 Å². The molecule has 1 unspecified atom stereocenters. The Bertz CT molecular complexity index is 512. The summed E-state index contributed by atoms with van der Waals surface area (Å²) < 4.78 is 0. The van der Waals surface area contributed by atoms with Gasteiger partial charge >= 0.3 is 5.97 Å². The van der Waals surface area contributed by atoms with Crippen molar-refractivity contribution in [1.82, 2.24) is 0 Å². The molecule has 1 aliphatic rings. The van der Waals surface area contributed by atoms with Crippen LogP contribution in [0.15, 0.2) is 23.8 Å². The van der Waals surface area contributed by atoms with Crippen molar-refractivity contribution in [3.8, 4) is 0 Å². The van der Waals surface area contributed by atoms with Crippen molar-refractivity contribution < 1.29 is 19.8 Å². The van der Waals surface area contributed by atoms with Gasteiger partial charge in [0.1, 0.15) is 5.78 Å². The molecular formula is C22H36O4. The number of carbonyl (C=O) groups excluding carboxylic acids is 1. The zero-order chi connectivity index (χ0) is 19.6. The predicted molar refractivity (Wildman–Crippen MR) is 105 cm³/mol. The van der Waals surface area contributed by atoms with E-state index in [0.29, 0.717) is 24.5 Å². The maximum Gasteiger partial charge on any atom is 0.303 e. The van der Waals surface area contributed by atoms with E-state index in [1.807, 2.05) is 19.1 Å². The quantitative estimate of drug-likeness (QED) is 0.375. The zero-order valence-corrected chi connectivity index (χ0v) is 16.7. The lowest BCUT2D eigenvalue weighted by Gasteiger charge is -2.26. The third kappa shape index (κ3) is 9.33. The van der Waals surface area contributed by atoms with E-state index in [9.17, 15) is 14.7 Å². The molecule has 0 radical (unpaired) electrons. The van der Waals surface area contributed by atoms with Gasteiger partial charge in [-0.15, -0.1) is 0 Å². The summed E-state index contributed by atoms with van der Waals surface area (Å²) in [6.07, 6.45) is 13.4. The summed E-state index contributed by atoms with van der Waals surface area (Å²) in [7, 11) is 0. The number of carboxylic acid groups (broad SMARTS) is 1. The molecule has 4 heteroatoms. The number of aliphatic carboxylic acids is 1. The van der Waals surface area contributed by atoms with Crippen molar-refractivity contribution in [3.05, 3.63) is 23.8 Å². The molecule has 0 aromatic heterocycles. The van der Waals surface area contributed by atoms with Crippen LogP contribution in [0.25, 0.3) is 0 Å². The summed E-state index contributed by atoms with van der Waals surface area (Å²) in [6.45, 7) is 6.04. The van der Waals surface area contributed by atoms with Gasteiger partial charge in [-0.25, -0.2) is 0 Å². The van der Waals surface area contributed by atoms with Crippen molar-refractivity contribution in [2.75, 3.05) is 0 Å². The lowest BCUT2D eigenvalue weighted by Crippen LogP contribution is -2.26. The predicted octanol–water partition coefficient (Wildman–Crippen LogP) is 5.06. The molecule has 0 aromatic rings. The summed E-state index contributed by atoms with van der Waals surface area (Å²) in [5.74, 6) is 0.0100. The molecule has 0 amide bonds. The van der Waals surface area contributed by atoms with Gasteiger partial charge < -0.3 is 10.2 Å². The lowest BCUT2D eigenvalue weighted by atomic mass is 9.84. The fourth-order valence-electron chi connectivity index (χ4n) is 3.67. The average molecular weight is 365 g/mol. The van der Waals surface area contributed by atoms with E-state index >= 15 is 0 Å². The summed E-state index contributed by atoms with van der Waals surface area (Å²) in [5, 5.41) is 19.2. The van der Waals surface area contributed by atoms with Gasteiger partial charge in [-0.2, -0.15) is 0 Å². The SMILES string of the molecule is CC(C)=CCCC(C)(O)CC[C@H]1CCC(=O)[C@@H]1C/C=C\CCCC(=O)O. The lowest BCUT2D eigenvalue weighted by molar-refractivity contribution is -0.137. The molecule has 0 aromatic carbocycles. The molecular weight excluding hydrogens is 328 g/mol. The molecule has 1 aliphatic carbocycles. The number of aliphatic hydroxyl groups is 1. The van der Waals surface area contributed by atoms with Crippen molar-refractivity contribution in [1.29, 1.82) is 0 Å². The van der Waals surface area contributed by atoms with Gasteiger partial charge in [0.2, 0.25) is 0 Å². The molecule has 26 heavy (non-hydrogen) atoms. The van der Waals surface area contributed by atoms with E-state index in [4.69, 9.17) is 5.11 Å². The molecule has 0 saturated heterocycles. The highest BCUT2D eigenvalue weighted by molar-refractivity contribution is 5.83.